The van der Waals surface area contributed by atoms with E-state index in [1.807, 2.05) is 0 Å². The molecule has 0 aromatic rings. The number of hydrogen-bond donors (Lipinski definition) is 0. The van der Waals surface area contributed by atoms with Gasteiger partial charge in [0.2, 0.25) is 9.03 Å². The Morgan fingerprint density at radius 3 is 1.60 bits per heavy atom. The van der Waals surface area contributed by atoms with Crippen LogP contribution in [0.1, 0.15) is 0 Å². The molecular weight excluding hydrogens is 95.0 g/mol. The van der Waals surface area contributed by atoms with Crippen LogP contribution in [0.25, 0.3) is 0 Å². The smallest absolute Gasteiger partial charge is 0.152 e. The average molecular weight is 96.0 g/mol. The predicted molar refractivity (Wildman–Crippen MR) is 11.9 cm³/mol. The molecule has 0 heterocycles. The van der Waals surface area contributed by atoms with Crippen LogP contribution in [-0.2, 0) is 19.9 Å². The molecule has 0 saturated carbocycles. The first kappa shape index (κ1) is 5.27. The highest BCUT2D eigenvalue weighted by Crippen LogP contribution is 2.06. The van der Waals surface area contributed by atoms with Crippen molar-refractivity contribution in [2.24, 2.45) is 0 Å². The van der Waals surface area contributed by atoms with Crippen molar-refractivity contribution in [3.8, 4) is 0 Å². The topological polar surface area (TPSA) is 58.3 Å². The van der Waals surface area contributed by atoms with E-state index in [-0.39, 0.29) is 0 Å². The van der Waals surface area contributed by atoms with Crippen LogP contribution in [0.5, 0.6) is 0 Å². The summed E-state index contributed by atoms with van der Waals surface area (Å²) in [6, 6.07) is 0. The molecule has 0 aliphatic heterocycles. The summed E-state index contributed by atoms with van der Waals surface area (Å²) in [6.07, 6.45) is 0. The van der Waals surface area contributed by atoms with Gasteiger partial charge in [0.05, 0.1) is 0 Å². The maximum atomic E-state index is 8.72. The molecule has 0 saturated heterocycles. The van der Waals surface area contributed by atoms with Gasteiger partial charge in [-0.05, 0) is 10.5 Å². The van der Waals surface area contributed by atoms with Crippen molar-refractivity contribution in [3.63, 3.8) is 0 Å². The molecule has 4 nitrogen and oxygen atoms in total. The molecule has 0 rings (SSSR count). The van der Waals surface area contributed by atoms with Crippen molar-refractivity contribution < 1.29 is 19.9 Å². The summed E-state index contributed by atoms with van der Waals surface area (Å²) < 4.78 is 5.87. The largest absolute Gasteiger partial charge is 0.239 e. The van der Waals surface area contributed by atoms with Crippen LogP contribution in [0.2, 0.25) is 0 Å². The molecule has 0 aliphatic rings. The Bertz CT molecular complexity index is 11.1. The van der Waals surface area contributed by atoms with Gasteiger partial charge in [-0.3, -0.25) is 0 Å². The zero-order valence-corrected chi connectivity index (χ0v) is 3.13. The fraction of sp³-hybridized carbons (Fsp3) is 0. The van der Waals surface area contributed by atoms with Gasteiger partial charge in [0, 0.05) is 0 Å². The second-order valence-corrected chi connectivity index (χ2v) is 0.750. The van der Waals surface area contributed by atoms with E-state index in [0.717, 1.165) is 0 Å². The quantitative estimate of drug-likeness (QED) is 0.280. The summed E-state index contributed by atoms with van der Waals surface area (Å²) >= 11 is 0. The van der Waals surface area contributed by atoms with Gasteiger partial charge in [-0.2, -0.15) is 9.35 Å². The van der Waals surface area contributed by atoms with Crippen molar-refractivity contribution in [3.05, 3.63) is 0 Å². The SMILES string of the molecule is [O]OPO[O]. The maximum Gasteiger partial charge on any atom is 0.239 e. The fourth-order valence-corrected chi connectivity index (χ4v) is 0.0417. The summed E-state index contributed by atoms with van der Waals surface area (Å²) in [5.41, 5.74) is 0. The molecule has 0 atom stereocenters. The molecule has 30 valence electrons. The molecule has 5 heteroatoms. The van der Waals surface area contributed by atoms with Crippen molar-refractivity contribution in [1.82, 2.24) is 0 Å². The molecule has 0 aliphatic carbocycles. The second kappa shape index (κ2) is 4.27. The third-order valence-electron chi connectivity index (χ3n) is 0.0680. The Balaban J connectivity index is 2.19. The van der Waals surface area contributed by atoms with Gasteiger partial charge in [0.15, 0.2) is 0 Å². The highest BCUT2D eigenvalue weighted by molar-refractivity contribution is 7.25. The van der Waals surface area contributed by atoms with Crippen LogP contribution in [0.3, 0.4) is 0 Å². The molecule has 2 radical (unpaired) electrons. The molecular formula is HO4P. The lowest BCUT2D eigenvalue weighted by Crippen LogP contribution is -1.57. The lowest BCUT2D eigenvalue weighted by Gasteiger charge is -1.74. The zero-order valence-electron chi connectivity index (χ0n) is 2.13. The van der Waals surface area contributed by atoms with Gasteiger partial charge >= 0.3 is 0 Å². The van der Waals surface area contributed by atoms with E-state index in [4.69, 9.17) is 10.5 Å². The molecule has 0 aromatic heterocycles. The summed E-state index contributed by atoms with van der Waals surface area (Å²) in [6.45, 7) is 0. The fourth-order valence-electron chi connectivity index (χ4n) is 0.0139. The third-order valence-corrected chi connectivity index (χ3v) is 0.204. The van der Waals surface area contributed by atoms with Crippen LogP contribution in [0.15, 0.2) is 0 Å². The Morgan fingerprint density at radius 2 is 1.60 bits per heavy atom. The van der Waals surface area contributed by atoms with E-state index in [2.05, 4.69) is 9.35 Å². The number of rotatable bonds is 2. The van der Waals surface area contributed by atoms with Gasteiger partial charge in [-0.25, -0.2) is 0 Å². The molecule has 0 spiro atoms. The molecule has 5 heavy (non-hydrogen) atoms. The van der Waals surface area contributed by atoms with E-state index in [1.54, 1.807) is 0 Å². The van der Waals surface area contributed by atoms with Gasteiger partial charge in [0.1, 0.15) is 0 Å². The van der Waals surface area contributed by atoms with Crippen molar-refractivity contribution in [2.75, 3.05) is 0 Å². The molecule has 0 N–H and O–H groups in total. The summed E-state index contributed by atoms with van der Waals surface area (Å²) in [7, 11) is -0.914. The second-order valence-electron chi connectivity index (χ2n) is 0.250. The summed E-state index contributed by atoms with van der Waals surface area (Å²) in [5.74, 6) is 0. The minimum Gasteiger partial charge on any atom is -0.152 e. The predicted octanol–water partition coefficient (Wildman–Crippen LogP) is 0.219. The zero-order chi connectivity index (χ0) is 4.12. The van der Waals surface area contributed by atoms with Crippen LogP contribution in [0, 0.1) is 0 Å². The van der Waals surface area contributed by atoms with E-state index >= 15 is 0 Å². The van der Waals surface area contributed by atoms with E-state index in [0.29, 0.717) is 0 Å². The number of hydrogen-bond acceptors (Lipinski definition) is 2. The molecule has 0 fully saturated rings. The Hall–Kier alpha value is 0.270. The average Bonchev–Trinajstić information content (AvgIpc) is 1.41. The Morgan fingerprint density at radius 1 is 1.20 bits per heavy atom. The normalized spacial score (nSPS) is 8.40. The van der Waals surface area contributed by atoms with Crippen molar-refractivity contribution in [1.29, 1.82) is 0 Å². The Kier molecular flexibility index (Phi) is 4.50. The van der Waals surface area contributed by atoms with Crippen LogP contribution in [-0.4, -0.2) is 0 Å². The maximum absolute atomic E-state index is 8.72. The van der Waals surface area contributed by atoms with E-state index in [9.17, 15) is 0 Å². The van der Waals surface area contributed by atoms with Crippen molar-refractivity contribution >= 4 is 9.03 Å². The lowest BCUT2D eigenvalue weighted by molar-refractivity contribution is -0.255. The first-order valence-corrected chi connectivity index (χ1v) is 1.56. The van der Waals surface area contributed by atoms with Gasteiger partial charge in [0.25, 0.3) is 0 Å². The minimum absolute atomic E-state index is 0.914. The molecule has 0 bridgehead atoms. The monoisotopic (exact) mass is 96.0 g/mol. The standard InChI is InChI=1S/HO4P/c1-3-5-4-2/h5H. The Labute approximate surface area is 30.1 Å². The minimum atomic E-state index is -0.914. The first-order valence-electron chi connectivity index (χ1n) is 0.742. The van der Waals surface area contributed by atoms with Crippen molar-refractivity contribution in [2.45, 2.75) is 0 Å². The van der Waals surface area contributed by atoms with Gasteiger partial charge < -0.3 is 0 Å². The van der Waals surface area contributed by atoms with Crippen LogP contribution in [0.4, 0.5) is 0 Å². The molecule has 0 aromatic carbocycles. The van der Waals surface area contributed by atoms with E-state index < -0.39 is 9.03 Å². The third kappa shape index (κ3) is 4.27. The molecule has 0 unspecified atom stereocenters. The summed E-state index contributed by atoms with van der Waals surface area (Å²) in [4.78, 5) is 0. The molecule has 0 amide bonds. The van der Waals surface area contributed by atoms with Crippen LogP contribution >= 0.6 is 9.03 Å². The highest BCUT2D eigenvalue weighted by Gasteiger charge is 1.74. The van der Waals surface area contributed by atoms with Gasteiger partial charge in [-0.15, -0.1) is 0 Å². The lowest BCUT2D eigenvalue weighted by atomic mass is 14.9. The van der Waals surface area contributed by atoms with Gasteiger partial charge in [-0.1, -0.05) is 0 Å². The summed E-state index contributed by atoms with van der Waals surface area (Å²) in [5, 5.41) is 17.4. The first-order chi connectivity index (χ1) is 2.41. The van der Waals surface area contributed by atoms with Crippen LogP contribution < -0.4 is 0 Å². The van der Waals surface area contributed by atoms with E-state index in [1.165, 1.54) is 0 Å². The highest BCUT2D eigenvalue weighted by atomic mass is 31.1.